The van der Waals surface area contributed by atoms with E-state index in [9.17, 15) is 13.9 Å². The van der Waals surface area contributed by atoms with E-state index in [0.29, 0.717) is 19.7 Å². The van der Waals surface area contributed by atoms with Crippen molar-refractivity contribution in [2.45, 2.75) is 12.2 Å². The molecule has 0 amide bonds. The van der Waals surface area contributed by atoms with Crippen molar-refractivity contribution in [1.29, 1.82) is 0 Å². The van der Waals surface area contributed by atoms with Gasteiger partial charge in [0.15, 0.2) is 0 Å². The number of aliphatic hydroxyl groups excluding tert-OH is 1. The lowest BCUT2D eigenvalue weighted by atomic mass is 10.1. The maximum absolute atomic E-state index is 13.7. The van der Waals surface area contributed by atoms with Crippen molar-refractivity contribution in [3.8, 4) is 0 Å². The summed E-state index contributed by atoms with van der Waals surface area (Å²) < 4.78 is 34.4. The minimum Gasteiger partial charge on any atom is -0.387 e. The fraction of sp³-hybridized carbons (Fsp3) is 0.438. The lowest BCUT2D eigenvalue weighted by molar-refractivity contribution is -0.0427. The van der Waals surface area contributed by atoms with Gasteiger partial charge in [0.1, 0.15) is 11.6 Å². The molecule has 7 heteroatoms. The van der Waals surface area contributed by atoms with Gasteiger partial charge in [-0.25, -0.2) is 8.78 Å². The molecular formula is C16H19F2N3O2. The molecule has 1 N–H and O–H groups in total. The summed E-state index contributed by atoms with van der Waals surface area (Å²) in [5, 5.41) is 14.4. The van der Waals surface area contributed by atoms with Crippen molar-refractivity contribution < 1.29 is 18.6 Å². The number of aryl methyl sites for hydroxylation is 1. The van der Waals surface area contributed by atoms with E-state index in [1.54, 1.807) is 10.9 Å². The third-order valence-corrected chi connectivity index (χ3v) is 4.00. The number of rotatable bonds is 4. The summed E-state index contributed by atoms with van der Waals surface area (Å²) in [4.78, 5) is 1.98. The zero-order valence-corrected chi connectivity index (χ0v) is 12.8. The molecule has 1 aliphatic heterocycles. The standard InChI is InChI=1S/C16H19F2N3O2/c1-20-8-11(7-19-20)16-10-21(4-5-23-16)9-15(22)13-6-12(17)2-3-14(13)18/h2-3,6-8,15-16,22H,4-5,9-10H2,1H3. The van der Waals surface area contributed by atoms with E-state index >= 15 is 0 Å². The SMILES string of the molecule is Cn1cc(C2CN(CC(O)c3cc(F)ccc3F)CCO2)cn1. The summed E-state index contributed by atoms with van der Waals surface area (Å²) in [7, 11) is 1.83. The molecule has 1 fully saturated rings. The summed E-state index contributed by atoms with van der Waals surface area (Å²) >= 11 is 0. The van der Waals surface area contributed by atoms with Crippen LogP contribution >= 0.6 is 0 Å². The molecule has 1 aromatic heterocycles. The summed E-state index contributed by atoms with van der Waals surface area (Å²) in [5.74, 6) is -1.16. The molecule has 0 saturated carbocycles. The van der Waals surface area contributed by atoms with Gasteiger partial charge in [-0.3, -0.25) is 9.58 Å². The average molecular weight is 323 g/mol. The molecule has 124 valence electrons. The molecule has 2 aromatic rings. The van der Waals surface area contributed by atoms with E-state index in [0.717, 1.165) is 23.8 Å². The lowest BCUT2D eigenvalue weighted by Gasteiger charge is -2.33. The number of benzene rings is 1. The Kier molecular flexibility index (Phi) is 4.70. The molecule has 0 radical (unpaired) electrons. The molecule has 2 heterocycles. The Labute approximate surface area is 133 Å². The number of β-amino-alcohol motifs (C(OH)–C–C–N with tert-alkyl or cyclic N) is 1. The van der Waals surface area contributed by atoms with Crippen LogP contribution in [0.15, 0.2) is 30.6 Å². The van der Waals surface area contributed by atoms with Gasteiger partial charge in [-0.05, 0) is 18.2 Å². The van der Waals surface area contributed by atoms with Crippen LogP contribution in [0, 0.1) is 11.6 Å². The van der Waals surface area contributed by atoms with Crippen LogP contribution in [0.5, 0.6) is 0 Å². The Hall–Kier alpha value is -1.83. The molecule has 3 rings (SSSR count). The van der Waals surface area contributed by atoms with Crippen LogP contribution < -0.4 is 0 Å². The van der Waals surface area contributed by atoms with Crippen LogP contribution in [0.25, 0.3) is 0 Å². The second-order valence-electron chi connectivity index (χ2n) is 5.75. The maximum atomic E-state index is 13.7. The van der Waals surface area contributed by atoms with E-state index in [2.05, 4.69) is 5.10 Å². The highest BCUT2D eigenvalue weighted by molar-refractivity contribution is 5.21. The zero-order valence-electron chi connectivity index (χ0n) is 12.8. The van der Waals surface area contributed by atoms with E-state index in [4.69, 9.17) is 4.74 Å². The van der Waals surface area contributed by atoms with Crippen molar-refractivity contribution in [3.63, 3.8) is 0 Å². The predicted octanol–water partition coefficient (Wildman–Crippen LogP) is 1.81. The number of halogens is 2. The Morgan fingerprint density at radius 2 is 2.26 bits per heavy atom. The fourth-order valence-corrected chi connectivity index (χ4v) is 2.79. The van der Waals surface area contributed by atoms with E-state index in [1.165, 1.54) is 0 Å². The number of aliphatic hydroxyl groups is 1. The quantitative estimate of drug-likeness (QED) is 0.932. The average Bonchev–Trinajstić information content (AvgIpc) is 2.96. The molecule has 0 spiro atoms. The summed E-state index contributed by atoms with van der Waals surface area (Å²) in [6.45, 7) is 1.93. The first-order chi connectivity index (χ1) is 11.0. The first-order valence-electron chi connectivity index (χ1n) is 7.48. The van der Waals surface area contributed by atoms with Gasteiger partial charge in [0.2, 0.25) is 0 Å². The molecule has 5 nitrogen and oxygen atoms in total. The van der Waals surface area contributed by atoms with E-state index < -0.39 is 17.7 Å². The van der Waals surface area contributed by atoms with Gasteiger partial charge in [0.05, 0.1) is 25.0 Å². The van der Waals surface area contributed by atoms with Crippen molar-refractivity contribution in [1.82, 2.24) is 14.7 Å². The van der Waals surface area contributed by atoms with Crippen LogP contribution in [0.4, 0.5) is 8.78 Å². The van der Waals surface area contributed by atoms with Crippen LogP contribution in [0.1, 0.15) is 23.3 Å². The Bertz CT molecular complexity index is 677. The summed E-state index contributed by atoms with van der Waals surface area (Å²) in [6.07, 6.45) is 2.41. The lowest BCUT2D eigenvalue weighted by Crippen LogP contribution is -2.40. The number of aromatic nitrogens is 2. The van der Waals surface area contributed by atoms with Gasteiger partial charge >= 0.3 is 0 Å². The largest absolute Gasteiger partial charge is 0.387 e. The first kappa shape index (κ1) is 16.0. The number of hydrogen-bond donors (Lipinski definition) is 1. The molecule has 0 bridgehead atoms. The van der Waals surface area contributed by atoms with Crippen LogP contribution in [-0.4, -0.2) is 46.0 Å². The van der Waals surface area contributed by atoms with Gasteiger partial charge in [0, 0.05) is 44.0 Å². The molecule has 1 aromatic carbocycles. The van der Waals surface area contributed by atoms with Gasteiger partial charge in [-0.15, -0.1) is 0 Å². The van der Waals surface area contributed by atoms with Crippen LogP contribution in [-0.2, 0) is 11.8 Å². The maximum Gasteiger partial charge on any atom is 0.129 e. The monoisotopic (exact) mass is 323 g/mol. The summed E-state index contributed by atoms with van der Waals surface area (Å²) in [5.41, 5.74) is 0.943. The van der Waals surface area contributed by atoms with E-state index in [-0.39, 0.29) is 18.2 Å². The minimum absolute atomic E-state index is 0.0191. The topological polar surface area (TPSA) is 50.5 Å². The Morgan fingerprint density at radius 1 is 1.43 bits per heavy atom. The molecule has 1 saturated heterocycles. The van der Waals surface area contributed by atoms with Crippen molar-refractivity contribution in [2.24, 2.45) is 7.05 Å². The third kappa shape index (κ3) is 3.74. The summed E-state index contributed by atoms with van der Waals surface area (Å²) in [6, 6.07) is 3.11. The Morgan fingerprint density at radius 3 is 3.00 bits per heavy atom. The zero-order chi connectivity index (χ0) is 16.4. The van der Waals surface area contributed by atoms with Crippen molar-refractivity contribution in [3.05, 3.63) is 53.4 Å². The van der Waals surface area contributed by atoms with Gasteiger partial charge < -0.3 is 9.84 Å². The molecule has 1 aliphatic rings. The highest BCUT2D eigenvalue weighted by atomic mass is 19.1. The molecule has 2 unspecified atom stereocenters. The first-order valence-corrected chi connectivity index (χ1v) is 7.48. The van der Waals surface area contributed by atoms with Crippen LogP contribution in [0.3, 0.4) is 0 Å². The number of ether oxygens (including phenoxy) is 1. The number of nitrogens with zero attached hydrogens (tertiary/aromatic N) is 3. The fourth-order valence-electron chi connectivity index (χ4n) is 2.79. The smallest absolute Gasteiger partial charge is 0.129 e. The minimum atomic E-state index is -1.08. The van der Waals surface area contributed by atoms with Crippen molar-refractivity contribution in [2.75, 3.05) is 26.2 Å². The number of hydrogen-bond acceptors (Lipinski definition) is 4. The highest BCUT2D eigenvalue weighted by Crippen LogP contribution is 2.25. The van der Waals surface area contributed by atoms with Gasteiger partial charge in [-0.2, -0.15) is 5.10 Å². The third-order valence-electron chi connectivity index (χ3n) is 4.00. The second-order valence-corrected chi connectivity index (χ2v) is 5.75. The molecule has 0 aliphatic carbocycles. The van der Waals surface area contributed by atoms with E-state index in [1.807, 2.05) is 18.1 Å². The highest BCUT2D eigenvalue weighted by Gasteiger charge is 2.25. The molecule has 23 heavy (non-hydrogen) atoms. The second kappa shape index (κ2) is 6.74. The molecule has 2 atom stereocenters. The number of morpholine rings is 1. The van der Waals surface area contributed by atoms with Crippen molar-refractivity contribution >= 4 is 0 Å². The molecular weight excluding hydrogens is 304 g/mol. The van der Waals surface area contributed by atoms with Gasteiger partial charge in [-0.1, -0.05) is 0 Å². The Balaban J connectivity index is 1.66. The normalized spacial score (nSPS) is 20.6. The predicted molar refractivity (Wildman–Crippen MR) is 79.7 cm³/mol. The van der Waals surface area contributed by atoms with Gasteiger partial charge in [0.25, 0.3) is 0 Å². The van der Waals surface area contributed by atoms with Crippen LogP contribution in [0.2, 0.25) is 0 Å².